The van der Waals surface area contributed by atoms with E-state index in [9.17, 15) is 0 Å². The number of anilines is 2. The first kappa shape index (κ1) is 24.7. The number of nitrogens with two attached hydrogens (primary N) is 2. The van der Waals surface area contributed by atoms with Gasteiger partial charge in [-0.1, -0.05) is 60.7 Å². The van der Waals surface area contributed by atoms with Crippen LogP contribution in [-0.4, -0.2) is 24.2 Å². The van der Waals surface area contributed by atoms with E-state index in [2.05, 4.69) is 9.97 Å². The molecule has 38 heavy (non-hydrogen) atoms. The molecule has 0 amide bonds. The molecule has 0 aliphatic heterocycles. The summed E-state index contributed by atoms with van der Waals surface area (Å²) in [5, 5.41) is 4.35. The third-order valence-electron chi connectivity index (χ3n) is 6.30. The third-order valence-corrected chi connectivity index (χ3v) is 6.30. The monoisotopic (exact) mass is 508 g/mol. The van der Waals surface area contributed by atoms with Gasteiger partial charge < -0.3 is 29.8 Å². The molecule has 0 aliphatic carbocycles. The van der Waals surface area contributed by atoms with Crippen LogP contribution in [0.1, 0.15) is 11.4 Å². The summed E-state index contributed by atoms with van der Waals surface area (Å²) >= 11 is 0. The van der Waals surface area contributed by atoms with Gasteiger partial charge in [-0.25, -0.2) is 0 Å². The summed E-state index contributed by atoms with van der Waals surface area (Å²) in [5.41, 5.74) is 14.6. The Kier molecular flexibility index (Phi) is 6.62. The van der Waals surface area contributed by atoms with Crippen LogP contribution in [0.25, 0.3) is 44.2 Å². The van der Waals surface area contributed by atoms with E-state index < -0.39 is 0 Å². The largest absolute Gasteiger partial charge is 0.496 e. The predicted octanol–water partition coefficient (Wildman–Crippen LogP) is 6.79. The molecule has 0 aliphatic rings. The first-order chi connectivity index (χ1) is 18.4. The Morgan fingerprint density at radius 1 is 0.579 bits per heavy atom. The predicted molar refractivity (Wildman–Crippen MR) is 150 cm³/mol. The van der Waals surface area contributed by atoms with Crippen LogP contribution in [0.15, 0.2) is 81.6 Å². The Balaban J connectivity index is 0.000000155. The maximum Gasteiger partial charge on any atom is 0.292 e. The Hall–Kier alpha value is -4.98. The zero-order chi connectivity index (χ0) is 26.8. The van der Waals surface area contributed by atoms with Crippen LogP contribution in [0.2, 0.25) is 0 Å². The number of ether oxygens (including phenoxy) is 2. The van der Waals surface area contributed by atoms with Crippen molar-refractivity contribution < 1.29 is 18.3 Å². The zero-order valence-corrected chi connectivity index (χ0v) is 21.6. The molecule has 8 heteroatoms. The maximum atomic E-state index is 5.63. The third kappa shape index (κ3) is 4.48. The summed E-state index contributed by atoms with van der Waals surface area (Å²) in [6, 6.07) is 24.4. The first-order valence-corrected chi connectivity index (χ1v) is 12.0. The van der Waals surface area contributed by atoms with E-state index in [-0.39, 0.29) is 12.0 Å². The maximum absolute atomic E-state index is 5.63. The highest BCUT2D eigenvalue weighted by molar-refractivity contribution is 6.00. The SMILES string of the molecule is COc1ccc2ccccc2c1-c1oc(N)nc1C.COc1ccc2ccccc2c1-c1oc(N)nc1C. The van der Waals surface area contributed by atoms with Crippen LogP contribution in [0.5, 0.6) is 11.5 Å². The van der Waals surface area contributed by atoms with Gasteiger partial charge >= 0.3 is 0 Å². The number of rotatable bonds is 4. The summed E-state index contributed by atoms with van der Waals surface area (Å²) in [7, 11) is 3.28. The number of aryl methyl sites for hydroxylation is 2. The molecule has 0 saturated heterocycles. The molecule has 2 heterocycles. The minimum absolute atomic E-state index is 0.169. The van der Waals surface area contributed by atoms with Gasteiger partial charge in [-0.05, 0) is 47.5 Å². The van der Waals surface area contributed by atoms with E-state index in [1.54, 1.807) is 14.2 Å². The van der Waals surface area contributed by atoms with Crippen LogP contribution in [0, 0.1) is 13.8 Å². The second-order valence-electron chi connectivity index (χ2n) is 8.66. The molecule has 8 nitrogen and oxygen atoms in total. The van der Waals surface area contributed by atoms with Crippen LogP contribution >= 0.6 is 0 Å². The molecule has 6 rings (SSSR count). The van der Waals surface area contributed by atoms with Gasteiger partial charge in [-0.15, -0.1) is 0 Å². The van der Waals surface area contributed by atoms with Crippen molar-refractivity contribution in [2.24, 2.45) is 0 Å². The van der Waals surface area contributed by atoms with Crippen molar-refractivity contribution in [2.75, 3.05) is 25.7 Å². The minimum Gasteiger partial charge on any atom is -0.496 e. The Morgan fingerprint density at radius 2 is 0.974 bits per heavy atom. The summed E-state index contributed by atoms with van der Waals surface area (Å²) in [4.78, 5) is 8.25. The molecule has 0 spiro atoms. The van der Waals surface area contributed by atoms with E-state index >= 15 is 0 Å². The topological polar surface area (TPSA) is 123 Å². The lowest BCUT2D eigenvalue weighted by Crippen LogP contribution is -1.90. The van der Waals surface area contributed by atoms with E-state index in [4.69, 9.17) is 29.8 Å². The molecule has 4 N–H and O–H groups in total. The average molecular weight is 509 g/mol. The van der Waals surface area contributed by atoms with Gasteiger partial charge in [0.2, 0.25) is 0 Å². The van der Waals surface area contributed by atoms with E-state index in [1.807, 2.05) is 86.6 Å². The van der Waals surface area contributed by atoms with Crippen LogP contribution in [-0.2, 0) is 0 Å². The van der Waals surface area contributed by atoms with E-state index in [1.165, 1.54) is 0 Å². The van der Waals surface area contributed by atoms with Gasteiger partial charge in [-0.2, -0.15) is 9.97 Å². The molecule has 6 aromatic rings. The number of oxazole rings is 2. The Bertz CT molecular complexity index is 1620. The Morgan fingerprint density at radius 3 is 1.32 bits per heavy atom. The fourth-order valence-electron chi connectivity index (χ4n) is 4.61. The van der Waals surface area contributed by atoms with Gasteiger partial charge in [0.1, 0.15) is 11.5 Å². The van der Waals surface area contributed by atoms with Gasteiger partial charge in [0.05, 0.1) is 36.7 Å². The molecule has 0 saturated carbocycles. The van der Waals surface area contributed by atoms with Crippen molar-refractivity contribution >= 4 is 33.6 Å². The zero-order valence-electron chi connectivity index (χ0n) is 21.6. The molecule has 192 valence electrons. The Labute approximate surface area is 219 Å². The van der Waals surface area contributed by atoms with Crippen LogP contribution in [0.4, 0.5) is 12.0 Å². The molecule has 0 atom stereocenters. The number of nitrogen functional groups attached to an aromatic ring is 2. The van der Waals surface area contributed by atoms with E-state index in [0.717, 1.165) is 55.6 Å². The lowest BCUT2D eigenvalue weighted by Gasteiger charge is -2.10. The quantitative estimate of drug-likeness (QED) is 0.267. The number of methoxy groups -OCH3 is 2. The van der Waals surface area contributed by atoms with Crippen molar-refractivity contribution in [3.05, 3.63) is 84.2 Å². The highest BCUT2D eigenvalue weighted by atomic mass is 16.5. The van der Waals surface area contributed by atoms with Gasteiger partial charge in [0.25, 0.3) is 12.0 Å². The van der Waals surface area contributed by atoms with Gasteiger partial charge in [0.15, 0.2) is 11.5 Å². The second kappa shape index (κ2) is 10.2. The minimum atomic E-state index is 0.169. The highest BCUT2D eigenvalue weighted by Gasteiger charge is 2.19. The van der Waals surface area contributed by atoms with Crippen molar-refractivity contribution in [3.8, 4) is 34.1 Å². The number of benzene rings is 4. The summed E-state index contributed by atoms with van der Waals surface area (Å²) in [5.74, 6) is 2.81. The highest BCUT2D eigenvalue weighted by Crippen LogP contribution is 2.40. The standard InChI is InChI=1S/2C15H14N2O2/c2*1-9-14(19-15(16)17-9)13-11-6-4-3-5-10(11)7-8-12(13)18-2/h2*3-8H,1-2H3,(H2,16,17). The number of hydrogen-bond donors (Lipinski definition) is 2. The molecule has 2 aromatic heterocycles. The van der Waals surface area contributed by atoms with Crippen molar-refractivity contribution in [1.29, 1.82) is 0 Å². The lowest BCUT2D eigenvalue weighted by molar-refractivity contribution is 0.415. The summed E-state index contributed by atoms with van der Waals surface area (Å²) in [6.07, 6.45) is 0. The molecule has 0 radical (unpaired) electrons. The van der Waals surface area contributed by atoms with E-state index in [0.29, 0.717) is 11.5 Å². The normalized spacial score (nSPS) is 10.8. The van der Waals surface area contributed by atoms with Crippen molar-refractivity contribution in [3.63, 3.8) is 0 Å². The van der Waals surface area contributed by atoms with Crippen LogP contribution in [0.3, 0.4) is 0 Å². The fourth-order valence-corrected chi connectivity index (χ4v) is 4.61. The van der Waals surface area contributed by atoms with Gasteiger partial charge in [0, 0.05) is 0 Å². The first-order valence-electron chi connectivity index (χ1n) is 12.0. The summed E-state index contributed by atoms with van der Waals surface area (Å²) in [6.45, 7) is 3.74. The number of hydrogen-bond acceptors (Lipinski definition) is 8. The molecular formula is C30H28N4O4. The fraction of sp³-hybridized carbons (Fsp3) is 0.133. The lowest BCUT2D eigenvalue weighted by atomic mass is 10.0. The molecular weight excluding hydrogens is 480 g/mol. The smallest absolute Gasteiger partial charge is 0.292 e. The van der Waals surface area contributed by atoms with Gasteiger partial charge in [-0.3, -0.25) is 0 Å². The van der Waals surface area contributed by atoms with Crippen molar-refractivity contribution in [2.45, 2.75) is 13.8 Å². The number of nitrogens with zero attached hydrogens (tertiary/aromatic N) is 2. The molecule has 0 unspecified atom stereocenters. The number of aromatic nitrogens is 2. The summed E-state index contributed by atoms with van der Waals surface area (Å²) < 4.78 is 22.0. The van der Waals surface area contributed by atoms with Crippen LogP contribution < -0.4 is 20.9 Å². The molecule has 0 bridgehead atoms. The molecule has 0 fully saturated rings. The number of fused-ring (bicyclic) bond motifs is 2. The average Bonchev–Trinajstić information content (AvgIpc) is 3.45. The van der Waals surface area contributed by atoms with Crippen molar-refractivity contribution in [1.82, 2.24) is 9.97 Å². The molecule has 4 aromatic carbocycles. The second-order valence-corrected chi connectivity index (χ2v) is 8.66.